The Morgan fingerprint density at radius 1 is 1.45 bits per heavy atom. The van der Waals surface area contributed by atoms with E-state index in [-0.39, 0.29) is 11.3 Å². The first-order valence-electron chi connectivity index (χ1n) is 4.16. The Hall–Kier alpha value is -0.550. The van der Waals surface area contributed by atoms with E-state index in [1.54, 1.807) is 0 Å². The summed E-state index contributed by atoms with van der Waals surface area (Å²) in [5.74, 6) is 0.159. The Balaban J connectivity index is 2.57. The third kappa shape index (κ3) is 1.72. The first-order chi connectivity index (χ1) is 5.19. The first-order valence-corrected chi connectivity index (χ1v) is 4.16. The topological polar surface area (TPSA) is 33.0 Å². The van der Waals surface area contributed by atoms with Gasteiger partial charge in [0.2, 0.25) is 0 Å². The molecule has 2 heteroatoms. The minimum Gasteiger partial charge on any atom is -0.381 e. The van der Waals surface area contributed by atoms with Gasteiger partial charge in [-0.25, -0.2) is 0 Å². The average molecular weight is 153 g/mol. The van der Waals surface area contributed by atoms with Crippen molar-refractivity contribution in [3.05, 3.63) is 0 Å². The van der Waals surface area contributed by atoms with Crippen LogP contribution in [0.25, 0.3) is 0 Å². The summed E-state index contributed by atoms with van der Waals surface area (Å²) in [4.78, 5) is 0. The van der Waals surface area contributed by atoms with E-state index in [1.807, 2.05) is 6.92 Å². The summed E-state index contributed by atoms with van der Waals surface area (Å²) in [6.07, 6.45) is 2.06. The number of ether oxygens (including phenoxy) is 1. The highest BCUT2D eigenvalue weighted by Crippen LogP contribution is 2.36. The molecule has 1 unspecified atom stereocenters. The molecular formula is C9H15NO. The molecule has 11 heavy (non-hydrogen) atoms. The highest BCUT2D eigenvalue weighted by atomic mass is 16.5. The summed E-state index contributed by atoms with van der Waals surface area (Å²) in [5, 5.41) is 8.76. The van der Waals surface area contributed by atoms with Crippen molar-refractivity contribution in [1.29, 1.82) is 5.26 Å². The van der Waals surface area contributed by atoms with Crippen LogP contribution in [0.15, 0.2) is 0 Å². The predicted octanol–water partition coefficient (Wildman–Crippen LogP) is 1.96. The van der Waals surface area contributed by atoms with Crippen LogP contribution in [0.4, 0.5) is 0 Å². The lowest BCUT2D eigenvalue weighted by Crippen LogP contribution is -2.31. The molecule has 0 saturated carbocycles. The van der Waals surface area contributed by atoms with E-state index in [4.69, 9.17) is 10.00 Å². The van der Waals surface area contributed by atoms with Crippen LogP contribution in [0.5, 0.6) is 0 Å². The van der Waals surface area contributed by atoms with Crippen molar-refractivity contribution in [3.63, 3.8) is 0 Å². The molecular weight excluding hydrogens is 138 g/mol. The predicted molar refractivity (Wildman–Crippen MR) is 42.9 cm³/mol. The van der Waals surface area contributed by atoms with E-state index < -0.39 is 0 Å². The van der Waals surface area contributed by atoms with Crippen LogP contribution in [0.1, 0.15) is 26.7 Å². The van der Waals surface area contributed by atoms with Crippen molar-refractivity contribution in [2.24, 2.45) is 11.3 Å². The van der Waals surface area contributed by atoms with Crippen molar-refractivity contribution in [2.75, 3.05) is 13.2 Å². The minimum atomic E-state index is 0.159. The Labute approximate surface area is 68.2 Å². The molecule has 0 spiro atoms. The van der Waals surface area contributed by atoms with E-state index >= 15 is 0 Å². The molecule has 0 aromatic carbocycles. The third-order valence-corrected chi connectivity index (χ3v) is 2.87. The molecule has 1 aliphatic heterocycles. The molecule has 0 aromatic rings. The molecule has 1 aliphatic rings. The molecule has 62 valence electrons. The van der Waals surface area contributed by atoms with Gasteiger partial charge in [-0.05, 0) is 25.2 Å². The lowest BCUT2D eigenvalue weighted by atomic mass is 9.73. The smallest absolute Gasteiger partial charge is 0.0658 e. The zero-order chi connectivity index (χ0) is 8.32. The van der Waals surface area contributed by atoms with Crippen LogP contribution >= 0.6 is 0 Å². The van der Waals surface area contributed by atoms with Crippen LogP contribution in [0, 0.1) is 22.7 Å². The van der Waals surface area contributed by atoms with Gasteiger partial charge < -0.3 is 4.74 Å². The molecule has 0 bridgehead atoms. The monoisotopic (exact) mass is 153 g/mol. The SMILES string of the molecule is CC(C#N)C1(C)CCOCC1. The van der Waals surface area contributed by atoms with E-state index in [1.165, 1.54) is 0 Å². The Morgan fingerprint density at radius 3 is 2.45 bits per heavy atom. The van der Waals surface area contributed by atoms with Gasteiger partial charge in [0.05, 0.1) is 6.07 Å². The Kier molecular flexibility index (Phi) is 2.51. The summed E-state index contributed by atoms with van der Waals surface area (Å²) >= 11 is 0. The summed E-state index contributed by atoms with van der Waals surface area (Å²) in [7, 11) is 0. The van der Waals surface area contributed by atoms with Gasteiger partial charge in [0.1, 0.15) is 0 Å². The summed E-state index contributed by atoms with van der Waals surface area (Å²) < 4.78 is 5.25. The molecule has 1 atom stereocenters. The fraction of sp³-hybridized carbons (Fsp3) is 0.889. The molecule has 0 aromatic heterocycles. The normalized spacial score (nSPS) is 25.5. The van der Waals surface area contributed by atoms with Crippen molar-refractivity contribution in [1.82, 2.24) is 0 Å². The molecule has 0 aliphatic carbocycles. The molecule has 1 fully saturated rings. The highest BCUT2D eigenvalue weighted by Gasteiger charge is 2.32. The number of nitrogens with zero attached hydrogens (tertiary/aromatic N) is 1. The standard InChI is InChI=1S/C9H15NO/c1-8(7-10)9(2)3-5-11-6-4-9/h8H,3-6H2,1-2H3. The lowest BCUT2D eigenvalue weighted by molar-refractivity contribution is 0.00800. The second kappa shape index (κ2) is 3.23. The number of hydrogen-bond donors (Lipinski definition) is 0. The van der Waals surface area contributed by atoms with Crippen LogP contribution in [-0.2, 0) is 4.74 Å². The maximum absolute atomic E-state index is 8.76. The minimum absolute atomic E-state index is 0.159. The molecule has 1 rings (SSSR count). The van der Waals surface area contributed by atoms with E-state index in [9.17, 15) is 0 Å². The summed E-state index contributed by atoms with van der Waals surface area (Å²) in [6.45, 7) is 5.83. The van der Waals surface area contributed by atoms with Crippen LogP contribution in [0.2, 0.25) is 0 Å². The quantitative estimate of drug-likeness (QED) is 0.577. The van der Waals surface area contributed by atoms with Crippen molar-refractivity contribution in [3.8, 4) is 6.07 Å². The summed E-state index contributed by atoms with van der Waals surface area (Å²) in [6, 6.07) is 2.32. The summed E-state index contributed by atoms with van der Waals surface area (Å²) in [5.41, 5.74) is 0.201. The van der Waals surface area contributed by atoms with Crippen molar-refractivity contribution in [2.45, 2.75) is 26.7 Å². The van der Waals surface area contributed by atoms with Gasteiger partial charge in [0.25, 0.3) is 0 Å². The van der Waals surface area contributed by atoms with Gasteiger partial charge >= 0.3 is 0 Å². The zero-order valence-corrected chi connectivity index (χ0v) is 7.26. The number of rotatable bonds is 1. The molecule has 0 N–H and O–H groups in total. The van der Waals surface area contributed by atoms with Gasteiger partial charge in [-0.2, -0.15) is 5.26 Å². The Morgan fingerprint density at radius 2 is 2.00 bits per heavy atom. The largest absolute Gasteiger partial charge is 0.381 e. The fourth-order valence-electron chi connectivity index (χ4n) is 1.43. The third-order valence-electron chi connectivity index (χ3n) is 2.87. The van der Waals surface area contributed by atoms with Crippen molar-refractivity contribution >= 4 is 0 Å². The molecule has 0 radical (unpaired) electrons. The van der Waals surface area contributed by atoms with E-state index in [2.05, 4.69) is 13.0 Å². The van der Waals surface area contributed by atoms with Crippen LogP contribution < -0.4 is 0 Å². The van der Waals surface area contributed by atoms with Crippen LogP contribution in [-0.4, -0.2) is 13.2 Å². The van der Waals surface area contributed by atoms with Gasteiger partial charge in [-0.15, -0.1) is 0 Å². The van der Waals surface area contributed by atoms with E-state index in [0.29, 0.717) is 0 Å². The van der Waals surface area contributed by atoms with Gasteiger partial charge in [0.15, 0.2) is 0 Å². The second-order valence-electron chi connectivity index (χ2n) is 3.62. The van der Waals surface area contributed by atoms with Gasteiger partial charge in [-0.3, -0.25) is 0 Å². The maximum Gasteiger partial charge on any atom is 0.0658 e. The van der Waals surface area contributed by atoms with Crippen molar-refractivity contribution < 1.29 is 4.74 Å². The number of hydrogen-bond acceptors (Lipinski definition) is 2. The lowest BCUT2D eigenvalue weighted by Gasteiger charge is -2.35. The second-order valence-corrected chi connectivity index (χ2v) is 3.62. The molecule has 2 nitrogen and oxygen atoms in total. The highest BCUT2D eigenvalue weighted by molar-refractivity contribution is 4.93. The van der Waals surface area contributed by atoms with Crippen LogP contribution in [0.3, 0.4) is 0 Å². The molecule has 0 amide bonds. The molecule has 1 heterocycles. The van der Waals surface area contributed by atoms with Gasteiger partial charge in [0, 0.05) is 19.1 Å². The average Bonchev–Trinajstić information content (AvgIpc) is 2.04. The Bertz CT molecular complexity index is 165. The van der Waals surface area contributed by atoms with Gasteiger partial charge in [-0.1, -0.05) is 6.92 Å². The molecule has 1 saturated heterocycles. The maximum atomic E-state index is 8.76. The van der Waals surface area contributed by atoms with E-state index in [0.717, 1.165) is 26.1 Å². The zero-order valence-electron chi connectivity index (χ0n) is 7.26. The first kappa shape index (κ1) is 8.55. The number of nitriles is 1. The fourth-order valence-corrected chi connectivity index (χ4v) is 1.43.